The maximum atomic E-state index is 2.55. The van der Waals surface area contributed by atoms with E-state index < -0.39 is 5.41 Å². The zero-order valence-corrected chi connectivity index (χ0v) is 34.8. The third-order valence-corrected chi connectivity index (χ3v) is 14.8. The predicted octanol–water partition coefficient (Wildman–Crippen LogP) is 15.8. The highest BCUT2D eigenvalue weighted by atomic mass is 15.2. The highest BCUT2D eigenvalue weighted by Gasteiger charge is 2.53. The molecule has 2 atom stereocenters. The lowest BCUT2D eigenvalue weighted by atomic mass is 9.69. The van der Waals surface area contributed by atoms with E-state index in [1.807, 2.05) is 0 Å². The van der Waals surface area contributed by atoms with Gasteiger partial charge in [0.05, 0.1) is 22.5 Å². The minimum absolute atomic E-state index is 0.270. The Balaban J connectivity index is 1.08. The Morgan fingerprint density at radius 3 is 1.62 bits per heavy atom. The summed E-state index contributed by atoms with van der Waals surface area (Å²) in [4.78, 5) is 5.01. The molecule has 0 amide bonds. The molecule has 4 aliphatic rings. The van der Waals surface area contributed by atoms with Gasteiger partial charge in [-0.05, 0) is 139 Å². The SMILES string of the molecule is CC12c3ccccc3-c3cccc(c31)N(c1ccc3c(c1)C1(c4ccccc4-3)c3ccccc3-c3c1cc(N(c1ccccc1)c1ccccc1)c1ccccc31)c1ccccc12. The molecule has 1 aliphatic heterocycles. The third-order valence-electron chi connectivity index (χ3n) is 14.8. The maximum absolute atomic E-state index is 2.55. The van der Waals surface area contributed by atoms with Crippen LogP contribution in [0.3, 0.4) is 0 Å². The molecule has 1 spiro atoms. The van der Waals surface area contributed by atoms with Crippen molar-refractivity contribution in [3.05, 3.63) is 263 Å². The molecular formula is C61H40N2. The van der Waals surface area contributed by atoms with E-state index in [9.17, 15) is 0 Å². The molecule has 0 aromatic heterocycles. The number of nitrogens with zero attached hydrogens (tertiary/aromatic N) is 2. The molecule has 0 N–H and O–H groups in total. The Hall–Kier alpha value is -7.94. The van der Waals surface area contributed by atoms with Crippen molar-refractivity contribution in [1.82, 2.24) is 0 Å². The van der Waals surface area contributed by atoms with Crippen LogP contribution in [0.15, 0.2) is 224 Å². The summed E-state index contributed by atoms with van der Waals surface area (Å²) in [6.45, 7) is 2.44. The van der Waals surface area contributed by atoms with Crippen molar-refractivity contribution in [3.63, 3.8) is 0 Å². The van der Waals surface area contributed by atoms with Crippen LogP contribution in [-0.4, -0.2) is 0 Å². The van der Waals surface area contributed by atoms with Gasteiger partial charge in [-0.3, -0.25) is 0 Å². The van der Waals surface area contributed by atoms with Gasteiger partial charge in [0, 0.05) is 27.9 Å². The Kier molecular flexibility index (Phi) is 6.93. The minimum atomic E-state index is -0.579. The number of anilines is 6. The van der Waals surface area contributed by atoms with Gasteiger partial charge >= 0.3 is 0 Å². The molecule has 2 nitrogen and oxygen atoms in total. The molecule has 0 saturated carbocycles. The Labute approximate surface area is 367 Å². The summed E-state index contributed by atoms with van der Waals surface area (Å²) in [5.41, 5.74) is 23.5. The van der Waals surface area contributed by atoms with Gasteiger partial charge in [0.2, 0.25) is 0 Å². The molecule has 10 aromatic rings. The van der Waals surface area contributed by atoms with Crippen LogP contribution < -0.4 is 9.80 Å². The summed E-state index contributed by atoms with van der Waals surface area (Å²) < 4.78 is 0. The van der Waals surface area contributed by atoms with Gasteiger partial charge in [-0.15, -0.1) is 0 Å². The number of fused-ring (bicyclic) bond motifs is 17. The minimum Gasteiger partial charge on any atom is -0.310 e. The first-order valence-electron chi connectivity index (χ1n) is 22.1. The van der Waals surface area contributed by atoms with Crippen molar-refractivity contribution >= 4 is 44.9 Å². The standard InChI is InChI=1S/C61H40N2/c1-60-49-29-13-10-24-43(49)47-28-18-34-56(59(47)60)63(55-33-17-16-32-52(55)60)41-35-36-44-42-23-11-14-30-50(42)61(53(44)37-41)51-31-15-12-27-48(51)58-46-26-9-8-25-45(46)57(38-54(58)61)62(39-19-4-2-5-20-39)40-21-6-3-7-22-40/h2-38H,1H3. The first-order chi connectivity index (χ1) is 31.2. The van der Waals surface area contributed by atoms with Crippen molar-refractivity contribution in [2.24, 2.45) is 0 Å². The average molecular weight is 801 g/mol. The molecule has 0 fully saturated rings. The van der Waals surface area contributed by atoms with Crippen LogP contribution >= 0.6 is 0 Å². The number of para-hydroxylation sites is 3. The molecule has 2 heteroatoms. The molecule has 1 heterocycles. The quantitative estimate of drug-likeness (QED) is 0.175. The van der Waals surface area contributed by atoms with E-state index in [-0.39, 0.29) is 5.41 Å². The summed E-state index contributed by atoms with van der Waals surface area (Å²) in [6, 6.07) is 84.1. The van der Waals surface area contributed by atoms with E-state index in [4.69, 9.17) is 0 Å². The monoisotopic (exact) mass is 800 g/mol. The Morgan fingerprint density at radius 2 is 0.889 bits per heavy atom. The van der Waals surface area contributed by atoms with Crippen LogP contribution in [0, 0.1) is 0 Å². The van der Waals surface area contributed by atoms with Crippen LogP contribution in [0.4, 0.5) is 34.1 Å². The van der Waals surface area contributed by atoms with Crippen molar-refractivity contribution in [2.45, 2.75) is 17.8 Å². The summed E-state index contributed by atoms with van der Waals surface area (Å²) in [6.07, 6.45) is 0. The van der Waals surface area contributed by atoms with Gasteiger partial charge in [-0.25, -0.2) is 0 Å². The first kappa shape index (κ1) is 34.7. The molecule has 0 radical (unpaired) electrons. The molecule has 294 valence electrons. The molecule has 3 aliphatic carbocycles. The van der Waals surface area contributed by atoms with Gasteiger partial charge in [0.1, 0.15) is 0 Å². The van der Waals surface area contributed by atoms with Gasteiger partial charge in [0.15, 0.2) is 0 Å². The normalized spacial score (nSPS) is 17.7. The molecule has 0 saturated heterocycles. The van der Waals surface area contributed by atoms with Gasteiger partial charge in [0.25, 0.3) is 0 Å². The molecule has 2 unspecified atom stereocenters. The summed E-state index contributed by atoms with van der Waals surface area (Å²) in [5.74, 6) is 0. The lowest BCUT2D eigenvalue weighted by Crippen LogP contribution is -2.32. The number of hydrogen-bond acceptors (Lipinski definition) is 2. The number of benzene rings is 10. The number of hydrogen-bond donors (Lipinski definition) is 0. The Morgan fingerprint density at radius 1 is 0.365 bits per heavy atom. The zero-order chi connectivity index (χ0) is 41.4. The van der Waals surface area contributed by atoms with E-state index in [1.54, 1.807) is 0 Å². The summed E-state index contributed by atoms with van der Waals surface area (Å²) in [7, 11) is 0. The van der Waals surface area contributed by atoms with E-state index in [1.165, 1.54) is 106 Å². The van der Waals surface area contributed by atoms with Crippen molar-refractivity contribution < 1.29 is 0 Å². The summed E-state index contributed by atoms with van der Waals surface area (Å²) in [5, 5.41) is 2.49. The highest BCUT2D eigenvalue weighted by Crippen LogP contribution is 2.67. The van der Waals surface area contributed by atoms with Crippen LogP contribution in [-0.2, 0) is 10.8 Å². The van der Waals surface area contributed by atoms with Crippen LogP contribution in [0.2, 0.25) is 0 Å². The fraction of sp³-hybridized carbons (Fsp3) is 0.0492. The maximum Gasteiger partial charge on any atom is 0.0727 e. The third kappa shape index (κ3) is 4.32. The second-order valence-electron chi connectivity index (χ2n) is 17.7. The molecule has 0 bridgehead atoms. The van der Waals surface area contributed by atoms with Crippen LogP contribution in [0.1, 0.15) is 45.9 Å². The second-order valence-corrected chi connectivity index (χ2v) is 17.7. The highest BCUT2D eigenvalue weighted by molar-refractivity contribution is 6.12. The fourth-order valence-corrected chi connectivity index (χ4v) is 12.4. The van der Waals surface area contributed by atoms with E-state index in [2.05, 4.69) is 241 Å². The predicted molar refractivity (Wildman–Crippen MR) is 261 cm³/mol. The Bertz CT molecular complexity index is 3510. The van der Waals surface area contributed by atoms with Crippen LogP contribution in [0.25, 0.3) is 44.2 Å². The van der Waals surface area contributed by atoms with E-state index in [0.717, 1.165) is 11.4 Å². The van der Waals surface area contributed by atoms with Crippen molar-refractivity contribution in [3.8, 4) is 33.4 Å². The summed E-state index contributed by atoms with van der Waals surface area (Å²) >= 11 is 0. The van der Waals surface area contributed by atoms with Gasteiger partial charge < -0.3 is 9.80 Å². The zero-order valence-electron chi connectivity index (χ0n) is 34.8. The van der Waals surface area contributed by atoms with Gasteiger partial charge in [-0.2, -0.15) is 0 Å². The lowest BCUT2D eigenvalue weighted by molar-refractivity contribution is 0.702. The van der Waals surface area contributed by atoms with Gasteiger partial charge in [-0.1, -0.05) is 170 Å². The molecular weight excluding hydrogens is 761 g/mol. The second kappa shape index (κ2) is 12.6. The molecule has 14 rings (SSSR count). The topological polar surface area (TPSA) is 6.48 Å². The molecule has 63 heavy (non-hydrogen) atoms. The van der Waals surface area contributed by atoms with Crippen molar-refractivity contribution in [2.75, 3.05) is 9.80 Å². The largest absolute Gasteiger partial charge is 0.310 e. The van der Waals surface area contributed by atoms with E-state index in [0.29, 0.717) is 0 Å². The van der Waals surface area contributed by atoms with Crippen molar-refractivity contribution in [1.29, 1.82) is 0 Å². The molecule has 10 aromatic carbocycles. The first-order valence-corrected chi connectivity index (χ1v) is 22.1. The number of rotatable bonds is 4. The fourth-order valence-electron chi connectivity index (χ4n) is 12.4. The smallest absolute Gasteiger partial charge is 0.0727 e. The van der Waals surface area contributed by atoms with Crippen LogP contribution in [0.5, 0.6) is 0 Å². The average Bonchev–Trinajstić information content (AvgIpc) is 3.92. The van der Waals surface area contributed by atoms with E-state index >= 15 is 0 Å². The lowest BCUT2D eigenvalue weighted by Gasteiger charge is -2.42.